The predicted molar refractivity (Wildman–Crippen MR) is 102 cm³/mol. The summed E-state index contributed by atoms with van der Waals surface area (Å²) in [6.07, 6.45) is 1.82. The van der Waals surface area contributed by atoms with Gasteiger partial charge in [-0.15, -0.1) is 0 Å². The summed E-state index contributed by atoms with van der Waals surface area (Å²) in [4.78, 5) is 18.1. The summed E-state index contributed by atoms with van der Waals surface area (Å²) in [6, 6.07) is 9.34. The van der Waals surface area contributed by atoms with Gasteiger partial charge in [0, 0.05) is 0 Å². The number of hydrogen-bond acceptors (Lipinski definition) is 3. The molecule has 4 rings (SSSR count). The normalized spacial score (nSPS) is 12.6. The third kappa shape index (κ3) is 2.42. The van der Waals surface area contributed by atoms with Crippen molar-refractivity contribution in [2.75, 3.05) is 0 Å². The largest absolute Gasteiger partial charge is 0.274 e. The Labute approximate surface area is 151 Å². The Balaban J connectivity index is 1.99. The molecule has 0 aliphatic heterocycles. The van der Waals surface area contributed by atoms with Crippen LogP contribution in [0.2, 0.25) is 10.0 Å². The topological polar surface area (TPSA) is 34.4 Å². The molecule has 24 heavy (non-hydrogen) atoms. The maximum absolute atomic E-state index is 12.8. The Morgan fingerprint density at radius 3 is 2.58 bits per heavy atom. The van der Waals surface area contributed by atoms with Gasteiger partial charge in [-0.2, -0.15) is 0 Å². The Kier molecular flexibility index (Phi) is 3.64. The smallest absolute Gasteiger partial charge is 0.267 e. The maximum atomic E-state index is 12.8. The summed E-state index contributed by atoms with van der Waals surface area (Å²) in [5, 5.41) is 0.963. The average molecular weight is 375 g/mol. The minimum absolute atomic E-state index is 0.0631. The van der Waals surface area contributed by atoms with Crippen molar-refractivity contribution in [3.05, 3.63) is 72.0 Å². The zero-order chi connectivity index (χ0) is 17.0. The summed E-state index contributed by atoms with van der Waals surface area (Å²) < 4.78 is 2.30. The van der Waals surface area contributed by atoms with E-state index >= 15 is 0 Å². The van der Waals surface area contributed by atoms with E-state index in [1.54, 1.807) is 16.5 Å². The molecule has 0 aliphatic rings. The summed E-state index contributed by atoms with van der Waals surface area (Å²) in [5.41, 5.74) is 4.79. The molecule has 4 aromatic rings. The molecule has 0 atom stereocenters. The average Bonchev–Trinajstić information content (AvgIpc) is 3.01. The minimum Gasteiger partial charge on any atom is -0.267 e. The molecule has 3 nitrogen and oxygen atoms in total. The van der Waals surface area contributed by atoms with E-state index in [1.807, 2.05) is 38.1 Å². The number of benzene rings is 2. The van der Waals surface area contributed by atoms with Gasteiger partial charge in [0.05, 0.1) is 25.6 Å². The lowest BCUT2D eigenvalue weighted by atomic mass is 10.1. The van der Waals surface area contributed by atoms with Gasteiger partial charge < -0.3 is 0 Å². The fraction of sp³-hybridized carbons (Fsp3) is 0.111. The molecule has 0 saturated heterocycles. The highest BCUT2D eigenvalue weighted by Crippen LogP contribution is 2.23. The van der Waals surface area contributed by atoms with Gasteiger partial charge in [-0.25, -0.2) is 9.38 Å². The SMILES string of the molecule is Cc1cc2nc3s/c(=C/c4ccc(Cl)c(Cl)c4)c(=O)n3c2cc1C. The Morgan fingerprint density at radius 1 is 1.08 bits per heavy atom. The molecule has 0 spiro atoms. The zero-order valence-corrected chi connectivity index (χ0v) is 15.3. The molecule has 0 bridgehead atoms. The number of rotatable bonds is 1. The third-order valence-corrected chi connectivity index (χ3v) is 5.80. The number of aryl methyl sites for hydroxylation is 2. The third-order valence-electron chi connectivity index (χ3n) is 4.10. The van der Waals surface area contributed by atoms with Gasteiger partial charge in [-0.05, 0) is 60.9 Å². The molecule has 2 heterocycles. The molecular formula is C18H12Cl2N2OS. The second kappa shape index (κ2) is 5.59. The number of imidazole rings is 1. The van der Waals surface area contributed by atoms with Crippen LogP contribution in [-0.4, -0.2) is 9.38 Å². The summed E-state index contributed by atoms with van der Waals surface area (Å²) in [5.74, 6) is 0. The minimum atomic E-state index is -0.0631. The molecule has 2 aromatic carbocycles. The van der Waals surface area contributed by atoms with Crippen LogP contribution < -0.4 is 10.1 Å². The lowest BCUT2D eigenvalue weighted by molar-refractivity contribution is 1.18. The Bertz CT molecular complexity index is 1220. The van der Waals surface area contributed by atoms with Gasteiger partial charge in [-0.3, -0.25) is 4.79 Å². The molecule has 0 radical (unpaired) electrons. The highest BCUT2D eigenvalue weighted by Gasteiger charge is 2.12. The molecular weight excluding hydrogens is 363 g/mol. The Morgan fingerprint density at radius 2 is 1.83 bits per heavy atom. The number of halogens is 2. The lowest BCUT2D eigenvalue weighted by Crippen LogP contribution is -2.22. The molecule has 0 aliphatic carbocycles. The van der Waals surface area contributed by atoms with Crippen LogP contribution in [0.15, 0.2) is 35.1 Å². The van der Waals surface area contributed by atoms with Crippen molar-refractivity contribution in [3.8, 4) is 0 Å². The summed E-state index contributed by atoms with van der Waals surface area (Å²) in [7, 11) is 0. The first-order valence-corrected chi connectivity index (χ1v) is 8.90. The fourth-order valence-electron chi connectivity index (χ4n) is 2.67. The van der Waals surface area contributed by atoms with E-state index in [-0.39, 0.29) is 5.56 Å². The zero-order valence-electron chi connectivity index (χ0n) is 12.9. The number of fused-ring (bicyclic) bond motifs is 3. The molecule has 0 fully saturated rings. The van der Waals surface area contributed by atoms with Crippen LogP contribution in [0.3, 0.4) is 0 Å². The number of thiazole rings is 1. The number of hydrogen-bond donors (Lipinski definition) is 0. The van der Waals surface area contributed by atoms with Gasteiger partial charge in [0.25, 0.3) is 5.56 Å². The van der Waals surface area contributed by atoms with E-state index < -0.39 is 0 Å². The van der Waals surface area contributed by atoms with Crippen LogP contribution in [0.25, 0.3) is 22.1 Å². The molecule has 0 unspecified atom stereocenters. The first-order valence-electron chi connectivity index (χ1n) is 7.33. The second-order valence-electron chi connectivity index (χ2n) is 5.74. The first-order chi connectivity index (χ1) is 11.4. The fourth-order valence-corrected chi connectivity index (χ4v) is 3.97. The highest BCUT2D eigenvalue weighted by atomic mass is 35.5. The van der Waals surface area contributed by atoms with Crippen molar-refractivity contribution in [1.82, 2.24) is 9.38 Å². The molecule has 0 saturated carbocycles. The first kappa shape index (κ1) is 15.6. The van der Waals surface area contributed by atoms with Gasteiger partial charge in [0.2, 0.25) is 0 Å². The monoisotopic (exact) mass is 374 g/mol. The summed E-state index contributed by atoms with van der Waals surface area (Å²) in [6.45, 7) is 4.08. The molecule has 2 aromatic heterocycles. The van der Waals surface area contributed by atoms with E-state index in [9.17, 15) is 4.79 Å². The van der Waals surface area contributed by atoms with Gasteiger partial charge in [0.1, 0.15) is 0 Å². The number of nitrogens with zero attached hydrogens (tertiary/aromatic N) is 2. The van der Waals surface area contributed by atoms with Crippen molar-refractivity contribution in [2.45, 2.75) is 13.8 Å². The quantitative estimate of drug-likeness (QED) is 0.495. The number of aromatic nitrogens is 2. The lowest BCUT2D eigenvalue weighted by Gasteiger charge is -1.98. The Hall–Kier alpha value is -1.88. The van der Waals surface area contributed by atoms with Crippen LogP contribution in [0, 0.1) is 13.8 Å². The van der Waals surface area contributed by atoms with Crippen molar-refractivity contribution < 1.29 is 0 Å². The van der Waals surface area contributed by atoms with Crippen LogP contribution >= 0.6 is 34.5 Å². The van der Waals surface area contributed by atoms with Crippen LogP contribution in [0.1, 0.15) is 16.7 Å². The van der Waals surface area contributed by atoms with E-state index in [4.69, 9.17) is 23.2 Å². The highest BCUT2D eigenvalue weighted by molar-refractivity contribution is 7.15. The van der Waals surface area contributed by atoms with Gasteiger partial charge >= 0.3 is 0 Å². The van der Waals surface area contributed by atoms with Crippen LogP contribution in [-0.2, 0) is 0 Å². The van der Waals surface area contributed by atoms with Gasteiger partial charge in [-0.1, -0.05) is 40.6 Å². The second-order valence-corrected chi connectivity index (χ2v) is 7.57. The predicted octanol–water partition coefficient (Wildman–Crippen LogP) is 4.38. The molecule has 6 heteroatoms. The van der Waals surface area contributed by atoms with Crippen molar-refractivity contribution >= 4 is 56.6 Å². The van der Waals surface area contributed by atoms with E-state index in [0.717, 1.165) is 22.2 Å². The van der Waals surface area contributed by atoms with Crippen molar-refractivity contribution in [1.29, 1.82) is 0 Å². The summed E-state index contributed by atoms with van der Waals surface area (Å²) >= 11 is 13.4. The molecule has 0 amide bonds. The standard InChI is InChI=1S/C18H12Cl2N2OS/c1-9-5-14-15(6-10(9)2)22-17(23)16(24-18(22)21-14)8-11-3-4-12(19)13(20)7-11/h3-8H,1-2H3/b16-8+. The van der Waals surface area contributed by atoms with Gasteiger partial charge in [0.15, 0.2) is 4.96 Å². The van der Waals surface area contributed by atoms with E-state index in [2.05, 4.69) is 4.98 Å². The van der Waals surface area contributed by atoms with E-state index in [1.165, 1.54) is 16.9 Å². The molecule has 120 valence electrons. The van der Waals surface area contributed by atoms with Crippen molar-refractivity contribution in [3.63, 3.8) is 0 Å². The van der Waals surface area contributed by atoms with Crippen molar-refractivity contribution in [2.24, 2.45) is 0 Å². The van der Waals surface area contributed by atoms with E-state index in [0.29, 0.717) is 19.5 Å². The van der Waals surface area contributed by atoms with Crippen LogP contribution in [0.5, 0.6) is 0 Å². The molecule has 0 N–H and O–H groups in total. The maximum Gasteiger partial charge on any atom is 0.274 e. The van der Waals surface area contributed by atoms with Crippen LogP contribution in [0.4, 0.5) is 0 Å².